The van der Waals surface area contributed by atoms with Crippen molar-refractivity contribution in [3.63, 3.8) is 0 Å². The fourth-order valence-corrected chi connectivity index (χ4v) is 3.30. The molecule has 0 saturated heterocycles. The Morgan fingerprint density at radius 1 is 1.35 bits per heavy atom. The molecule has 23 heavy (non-hydrogen) atoms. The van der Waals surface area contributed by atoms with E-state index in [1.54, 1.807) is 6.08 Å². The number of aromatic nitrogens is 1. The summed E-state index contributed by atoms with van der Waals surface area (Å²) in [5, 5.41) is 2.83. The molecule has 3 rings (SSSR count). The van der Waals surface area contributed by atoms with Gasteiger partial charge in [-0.1, -0.05) is 24.3 Å². The van der Waals surface area contributed by atoms with Gasteiger partial charge in [0.15, 0.2) is 0 Å². The first kappa shape index (κ1) is 15.4. The number of benzene rings is 1. The Balaban J connectivity index is 1.83. The lowest BCUT2D eigenvalue weighted by atomic mass is 9.93. The third-order valence-corrected chi connectivity index (χ3v) is 4.69. The van der Waals surface area contributed by atoms with E-state index in [9.17, 15) is 9.59 Å². The number of rotatable bonds is 3. The Hall–Kier alpha value is -2.47. The van der Waals surface area contributed by atoms with Gasteiger partial charge in [-0.2, -0.15) is 0 Å². The normalized spacial score (nSPS) is 17.3. The maximum atomic E-state index is 12.5. The van der Waals surface area contributed by atoms with Crippen molar-refractivity contribution in [2.75, 3.05) is 0 Å². The van der Waals surface area contributed by atoms with Gasteiger partial charge < -0.3 is 10.6 Å². The molecular formula is C17H17N3O2S. The van der Waals surface area contributed by atoms with Crippen LogP contribution in [0, 0.1) is 6.92 Å². The van der Waals surface area contributed by atoms with E-state index in [4.69, 9.17) is 5.73 Å². The summed E-state index contributed by atoms with van der Waals surface area (Å²) in [6.07, 6.45) is 3.59. The van der Waals surface area contributed by atoms with E-state index < -0.39 is 11.9 Å². The third-order valence-electron chi connectivity index (χ3n) is 3.89. The summed E-state index contributed by atoms with van der Waals surface area (Å²) in [7, 11) is 0. The van der Waals surface area contributed by atoms with E-state index in [0.717, 1.165) is 21.8 Å². The predicted octanol–water partition coefficient (Wildman–Crippen LogP) is 1.90. The van der Waals surface area contributed by atoms with Crippen molar-refractivity contribution in [3.8, 4) is 0 Å². The van der Waals surface area contributed by atoms with Crippen LogP contribution in [0.15, 0.2) is 35.7 Å². The largest absolute Gasteiger partial charge is 0.368 e. The molecule has 0 fully saturated rings. The highest BCUT2D eigenvalue weighted by Gasteiger charge is 2.32. The topological polar surface area (TPSA) is 76.3 Å². The molecule has 1 aromatic heterocycles. The minimum absolute atomic E-state index is 0.228. The number of hydrogen-bond acceptors (Lipinski definition) is 4. The summed E-state index contributed by atoms with van der Waals surface area (Å²) in [5.74, 6) is -0.709. The summed E-state index contributed by atoms with van der Waals surface area (Å²) in [4.78, 5) is 30.1. The standard InChI is InChI=1S/C17H17N3O2S/c1-11-19-14(10-23-11)6-7-16(21)20-9-13-5-3-2-4-12(13)8-15(20)17(18)22/h2-7,10,15H,8-9H2,1H3,(H2,18,22). The van der Waals surface area contributed by atoms with E-state index in [1.807, 2.05) is 36.6 Å². The van der Waals surface area contributed by atoms with Crippen LogP contribution < -0.4 is 5.73 Å². The summed E-state index contributed by atoms with van der Waals surface area (Å²) >= 11 is 1.53. The van der Waals surface area contributed by atoms with E-state index in [1.165, 1.54) is 22.3 Å². The number of hydrogen-bond donors (Lipinski definition) is 1. The van der Waals surface area contributed by atoms with Crippen molar-refractivity contribution in [1.82, 2.24) is 9.88 Å². The van der Waals surface area contributed by atoms with Crippen LogP contribution in [0.1, 0.15) is 21.8 Å². The number of carbonyl (C=O) groups is 2. The number of nitrogens with two attached hydrogens (primary N) is 1. The average Bonchev–Trinajstić information content (AvgIpc) is 2.96. The van der Waals surface area contributed by atoms with E-state index in [-0.39, 0.29) is 5.91 Å². The van der Waals surface area contributed by atoms with Crippen molar-refractivity contribution in [1.29, 1.82) is 0 Å². The molecule has 0 bridgehead atoms. The summed E-state index contributed by atoms with van der Waals surface area (Å²) in [6, 6.07) is 7.19. The highest BCUT2D eigenvalue weighted by atomic mass is 32.1. The van der Waals surface area contributed by atoms with Crippen LogP contribution in [0.2, 0.25) is 0 Å². The van der Waals surface area contributed by atoms with Gasteiger partial charge >= 0.3 is 0 Å². The molecule has 2 N–H and O–H groups in total. The first-order chi connectivity index (χ1) is 11.0. The van der Waals surface area contributed by atoms with Crippen LogP contribution >= 0.6 is 11.3 Å². The maximum absolute atomic E-state index is 12.5. The van der Waals surface area contributed by atoms with Crippen LogP contribution in [-0.4, -0.2) is 27.7 Å². The summed E-state index contributed by atoms with van der Waals surface area (Å²) < 4.78 is 0. The van der Waals surface area contributed by atoms with E-state index >= 15 is 0 Å². The second-order valence-corrected chi connectivity index (χ2v) is 6.54. The minimum Gasteiger partial charge on any atom is -0.368 e. The van der Waals surface area contributed by atoms with Gasteiger partial charge in [0, 0.05) is 24.4 Å². The molecule has 1 aliphatic heterocycles. The molecule has 2 heterocycles. The number of primary amides is 1. The lowest BCUT2D eigenvalue weighted by Crippen LogP contribution is -2.50. The van der Waals surface area contributed by atoms with Gasteiger partial charge in [0.25, 0.3) is 0 Å². The van der Waals surface area contributed by atoms with Crippen molar-refractivity contribution in [2.24, 2.45) is 5.73 Å². The summed E-state index contributed by atoms with van der Waals surface area (Å²) in [6.45, 7) is 2.30. The van der Waals surface area contributed by atoms with Crippen LogP contribution in [-0.2, 0) is 22.6 Å². The van der Waals surface area contributed by atoms with Crippen molar-refractivity contribution in [3.05, 3.63) is 57.6 Å². The molecule has 1 aliphatic rings. The van der Waals surface area contributed by atoms with Crippen LogP contribution in [0.4, 0.5) is 0 Å². The molecule has 0 radical (unpaired) electrons. The number of aryl methyl sites for hydroxylation is 1. The average molecular weight is 327 g/mol. The third kappa shape index (κ3) is 3.32. The quantitative estimate of drug-likeness (QED) is 0.875. The molecule has 0 aliphatic carbocycles. The number of amides is 2. The molecule has 1 atom stereocenters. The molecule has 118 valence electrons. The van der Waals surface area contributed by atoms with Crippen molar-refractivity contribution >= 4 is 29.2 Å². The first-order valence-electron chi connectivity index (χ1n) is 7.31. The fourth-order valence-electron chi connectivity index (χ4n) is 2.72. The van der Waals surface area contributed by atoms with Gasteiger partial charge in [-0.15, -0.1) is 11.3 Å². The zero-order valence-corrected chi connectivity index (χ0v) is 13.5. The monoisotopic (exact) mass is 327 g/mol. The SMILES string of the molecule is Cc1nc(C=CC(=O)N2Cc3ccccc3CC2C(N)=O)cs1. The smallest absolute Gasteiger partial charge is 0.247 e. The predicted molar refractivity (Wildman–Crippen MR) is 89.6 cm³/mol. The lowest BCUT2D eigenvalue weighted by Gasteiger charge is -2.34. The molecule has 0 saturated carbocycles. The van der Waals surface area contributed by atoms with Gasteiger partial charge in [0.1, 0.15) is 6.04 Å². The summed E-state index contributed by atoms with van der Waals surface area (Å²) in [5.41, 5.74) is 8.36. The zero-order valence-electron chi connectivity index (χ0n) is 12.7. The van der Waals surface area contributed by atoms with Gasteiger partial charge in [0.05, 0.1) is 10.7 Å². The van der Waals surface area contributed by atoms with Crippen LogP contribution in [0.3, 0.4) is 0 Å². The van der Waals surface area contributed by atoms with Gasteiger partial charge in [-0.05, 0) is 24.1 Å². The zero-order chi connectivity index (χ0) is 16.4. The van der Waals surface area contributed by atoms with Crippen molar-refractivity contribution < 1.29 is 9.59 Å². The Bertz CT molecular complexity index is 782. The Labute approximate surface area is 138 Å². The molecule has 2 aromatic rings. The number of thiazole rings is 1. The highest BCUT2D eigenvalue weighted by molar-refractivity contribution is 7.09. The molecule has 2 amide bonds. The minimum atomic E-state index is -0.612. The number of carbonyl (C=O) groups excluding carboxylic acids is 2. The van der Waals surface area contributed by atoms with E-state index in [0.29, 0.717) is 13.0 Å². The molecule has 1 unspecified atom stereocenters. The van der Waals surface area contributed by atoms with Gasteiger partial charge in [-0.25, -0.2) is 4.98 Å². The Morgan fingerprint density at radius 3 is 2.74 bits per heavy atom. The maximum Gasteiger partial charge on any atom is 0.247 e. The highest BCUT2D eigenvalue weighted by Crippen LogP contribution is 2.23. The molecule has 1 aromatic carbocycles. The number of nitrogens with zero attached hydrogens (tertiary/aromatic N) is 2. The van der Waals surface area contributed by atoms with Gasteiger partial charge in [-0.3, -0.25) is 9.59 Å². The second kappa shape index (κ2) is 6.34. The molecular weight excluding hydrogens is 310 g/mol. The van der Waals surface area contributed by atoms with Crippen LogP contribution in [0.25, 0.3) is 6.08 Å². The van der Waals surface area contributed by atoms with Crippen molar-refractivity contribution in [2.45, 2.75) is 25.9 Å². The second-order valence-electron chi connectivity index (χ2n) is 5.48. The lowest BCUT2D eigenvalue weighted by molar-refractivity contribution is -0.136. The molecule has 5 nitrogen and oxygen atoms in total. The van der Waals surface area contributed by atoms with Crippen LogP contribution in [0.5, 0.6) is 0 Å². The van der Waals surface area contributed by atoms with Gasteiger partial charge in [0.2, 0.25) is 11.8 Å². The Morgan fingerprint density at radius 2 is 2.09 bits per heavy atom. The molecule has 0 spiro atoms. The molecule has 6 heteroatoms. The first-order valence-corrected chi connectivity index (χ1v) is 8.19. The van der Waals surface area contributed by atoms with E-state index in [2.05, 4.69) is 4.98 Å². The Kier molecular flexibility index (Phi) is 4.25. The fraction of sp³-hybridized carbons (Fsp3) is 0.235. The number of fused-ring (bicyclic) bond motifs is 1.